The molecule has 8 heteroatoms. The molecular formula is C13H14N4O4. The molecule has 1 aliphatic carbocycles. The van der Waals surface area contributed by atoms with Crippen molar-refractivity contribution >= 4 is 17.6 Å². The van der Waals surface area contributed by atoms with E-state index in [1.165, 1.54) is 17.1 Å². The monoisotopic (exact) mass is 290 g/mol. The second-order valence-electron chi connectivity index (χ2n) is 4.91. The van der Waals surface area contributed by atoms with Crippen molar-refractivity contribution in [1.82, 2.24) is 14.9 Å². The van der Waals surface area contributed by atoms with Gasteiger partial charge in [0.2, 0.25) is 0 Å². The first-order chi connectivity index (χ1) is 10.1. The number of hydrogen-bond donors (Lipinski definition) is 2. The minimum Gasteiger partial charge on any atom is -0.480 e. The molecule has 0 fully saturated rings. The lowest BCUT2D eigenvalue weighted by Crippen LogP contribution is -2.15. The lowest BCUT2D eigenvalue weighted by Gasteiger charge is -2.08. The summed E-state index contributed by atoms with van der Waals surface area (Å²) in [6.45, 7) is -0.255. The highest BCUT2D eigenvalue weighted by Gasteiger charge is 2.24. The molecule has 0 atom stereocenters. The molecule has 2 aromatic rings. The Morgan fingerprint density at radius 3 is 3.00 bits per heavy atom. The Balaban J connectivity index is 1.73. The van der Waals surface area contributed by atoms with Gasteiger partial charge in [0.15, 0.2) is 5.69 Å². The maximum absolute atomic E-state index is 12.2. The van der Waals surface area contributed by atoms with Crippen LogP contribution in [0.5, 0.6) is 0 Å². The molecule has 0 aromatic carbocycles. The summed E-state index contributed by atoms with van der Waals surface area (Å²) in [4.78, 5) is 22.8. The van der Waals surface area contributed by atoms with E-state index >= 15 is 0 Å². The van der Waals surface area contributed by atoms with Gasteiger partial charge in [-0.2, -0.15) is 5.10 Å². The average Bonchev–Trinajstić information content (AvgIpc) is 3.04. The Hall–Kier alpha value is -2.64. The molecule has 1 amide bonds. The summed E-state index contributed by atoms with van der Waals surface area (Å²) >= 11 is 0. The third-order valence-corrected chi connectivity index (χ3v) is 3.35. The minimum absolute atomic E-state index is 0.255. The smallest absolute Gasteiger partial charge is 0.325 e. The highest BCUT2D eigenvalue weighted by Crippen LogP contribution is 2.24. The lowest BCUT2D eigenvalue weighted by molar-refractivity contribution is -0.137. The Morgan fingerprint density at radius 1 is 1.38 bits per heavy atom. The number of carbonyl (C=O) groups excluding carboxylic acids is 1. The van der Waals surface area contributed by atoms with Crippen LogP contribution in [0.1, 0.15) is 34.7 Å². The third-order valence-electron chi connectivity index (χ3n) is 3.35. The van der Waals surface area contributed by atoms with Gasteiger partial charge < -0.3 is 14.9 Å². The molecule has 0 bridgehead atoms. The molecule has 110 valence electrons. The van der Waals surface area contributed by atoms with Crippen molar-refractivity contribution in [3.63, 3.8) is 0 Å². The van der Waals surface area contributed by atoms with Gasteiger partial charge in [-0.25, -0.2) is 0 Å². The fraction of sp³-hybridized carbons (Fsp3) is 0.385. The molecule has 2 aromatic heterocycles. The molecule has 8 nitrogen and oxygen atoms in total. The summed E-state index contributed by atoms with van der Waals surface area (Å²) in [6, 6.07) is 0. The van der Waals surface area contributed by atoms with E-state index in [1.54, 1.807) is 0 Å². The molecule has 21 heavy (non-hydrogen) atoms. The van der Waals surface area contributed by atoms with Gasteiger partial charge in [-0.1, -0.05) is 5.16 Å². The highest BCUT2D eigenvalue weighted by atomic mass is 16.5. The predicted octanol–water partition coefficient (Wildman–Crippen LogP) is 1.09. The van der Waals surface area contributed by atoms with Crippen molar-refractivity contribution < 1.29 is 19.2 Å². The Labute approximate surface area is 119 Å². The molecule has 0 aliphatic heterocycles. The average molecular weight is 290 g/mol. The first-order valence-electron chi connectivity index (χ1n) is 6.66. The van der Waals surface area contributed by atoms with Crippen molar-refractivity contribution in [2.75, 3.05) is 5.32 Å². The summed E-state index contributed by atoms with van der Waals surface area (Å²) in [5, 5.41) is 19.0. The Kier molecular flexibility index (Phi) is 3.43. The predicted molar refractivity (Wildman–Crippen MR) is 71.0 cm³/mol. The van der Waals surface area contributed by atoms with E-state index in [0.717, 1.165) is 37.0 Å². The van der Waals surface area contributed by atoms with E-state index in [-0.39, 0.29) is 12.5 Å². The van der Waals surface area contributed by atoms with Crippen LogP contribution < -0.4 is 5.32 Å². The van der Waals surface area contributed by atoms with Crippen LogP contribution in [-0.4, -0.2) is 31.9 Å². The number of nitrogens with one attached hydrogen (secondary N) is 1. The fourth-order valence-electron chi connectivity index (χ4n) is 2.41. The van der Waals surface area contributed by atoms with Gasteiger partial charge in [-0.15, -0.1) is 0 Å². The van der Waals surface area contributed by atoms with Gasteiger partial charge >= 0.3 is 5.97 Å². The highest BCUT2D eigenvalue weighted by molar-refractivity contribution is 6.03. The van der Waals surface area contributed by atoms with E-state index in [9.17, 15) is 9.59 Å². The molecule has 0 saturated heterocycles. The third kappa shape index (κ3) is 2.78. The summed E-state index contributed by atoms with van der Waals surface area (Å²) in [5.74, 6) is -0.578. The van der Waals surface area contributed by atoms with Gasteiger partial charge in [0, 0.05) is 18.2 Å². The molecule has 3 rings (SSSR count). The van der Waals surface area contributed by atoms with E-state index in [1.807, 2.05) is 0 Å². The number of carboxylic acids is 1. The first kappa shape index (κ1) is 13.3. The quantitative estimate of drug-likeness (QED) is 0.872. The zero-order valence-corrected chi connectivity index (χ0v) is 11.2. The van der Waals surface area contributed by atoms with Crippen LogP contribution in [0.4, 0.5) is 5.69 Å². The minimum atomic E-state index is -0.999. The molecule has 0 radical (unpaired) electrons. The topological polar surface area (TPSA) is 110 Å². The number of hydrogen-bond acceptors (Lipinski definition) is 5. The largest absolute Gasteiger partial charge is 0.480 e. The summed E-state index contributed by atoms with van der Waals surface area (Å²) in [6.07, 6.45) is 6.52. The Bertz CT molecular complexity index is 688. The van der Waals surface area contributed by atoms with Gasteiger partial charge in [-0.3, -0.25) is 14.3 Å². The van der Waals surface area contributed by atoms with Crippen molar-refractivity contribution in [2.45, 2.75) is 32.2 Å². The number of rotatable bonds is 4. The summed E-state index contributed by atoms with van der Waals surface area (Å²) in [5.41, 5.74) is 1.60. The number of aliphatic carboxylic acids is 1. The molecule has 0 saturated carbocycles. The van der Waals surface area contributed by atoms with Crippen LogP contribution in [0.2, 0.25) is 0 Å². The van der Waals surface area contributed by atoms with E-state index < -0.39 is 5.97 Å². The van der Waals surface area contributed by atoms with Crippen LogP contribution in [0, 0.1) is 0 Å². The summed E-state index contributed by atoms with van der Waals surface area (Å²) in [7, 11) is 0. The van der Waals surface area contributed by atoms with Crippen LogP contribution >= 0.6 is 0 Å². The Morgan fingerprint density at radius 2 is 2.19 bits per heavy atom. The van der Waals surface area contributed by atoms with Crippen LogP contribution in [0.3, 0.4) is 0 Å². The van der Waals surface area contributed by atoms with Crippen molar-refractivity contribution in [3.05, 3.63) is 29.4 Å². The fourth-order valence-corrected chi connectivity index (χ4v) is 2.41. The number of amides is 1. The van der Waals surface area contributed by atoms with E-state index in [4.69, 9.17) is 9.63 Å². The van der Waals surface area contributed by atoms with Gasteiger partial charge in [0.05, 0.1) is 11.9 Å². The normalized spacial score (nSPS) is 13.7. The van der Waals surface area contributed by atoms with Crippen LogP contribution in [0.25, 0.3) is 0 Å². The molecule has 1 aliphatic rings. The number of carboxylic acid groups (broad SMARTS) is 1. The second-order valence-corrected chi connectivity index (χ2v) is 4.91. The SMILES string of the molecule is O=C(O)Cn1cc(NC(=O)c2noc3c2CCCC3)cn1. The van der Waals surface area contributed by atoms with Crippen molar-refractivity contribution in [3.8, 4) is 0 Å². The maximum atomic E-state index is 12.2. The number of fused-ring (bicyclic) bond motifs is 1. The summed E-state index contributed by atoms with van der Waals surface area (Å²) < 4.78 is 6.43. The zero-order valence-electron chi connectivity index (χ0n) is 11.2. The molecular weight excluding hydrogens is 276 g/mol. The van der Waals surface area contributed by atoms with Crippen molar-refractivity contribution in [1.29, 1.82) is 0 Å². The number of aromatic nitrogens is 3. The molecule has 0 spiro atoms. The lowest BCUT2D eigenvalue weighted by atomic mass is 9.96. The standard InChI is InChI=1S/C13H14N4O4/c18-11(19)7-17-6-8(5-14-17)15-13(20)12-9-3-1-2-4-10(9)21-16-12/h5-6H,1-4,7H2,(H,15,20)(H,18,19). The van der Waals surface area contributed by atoms with Gasteiger partial charge in [0.25, 0.3) is 5.91 Å². The number of anilines is 1. The maximum Gasteiger partial charge on any atom is 0.325 e. The van der Waals surface area contributed by atoms with E-state index in [2.05, 4.69) is 15.6 Å². The van der Waals surface area contributed by atoms with Gasteiger partial charge in [-0.05, 0) is 19.3 Å². The molecule has 0 unspecified atom stereocenters. The molecule has 2 N–H and O–H groups in total. The van der Waals surface area contributed by atoms with Crippen LogP contribution in [-0.2, 0) is 24.2 Å². The number of nitrogens with zero attached hydrogens (tertiary/aromatic N) is 3. The molecule has 2 heterocycles. The first-order valence-corrected chi connectivity index (χ1v) is 6.66. The zero-order chi connectivity index (χ0) is 14.8. The second kappa shape index (κ2) is 5.39. The number of aryl methyl sites for hydroxylation is 1. The van der Waals surface area contributed by atoms with Crippen molar-refractivity contribution in [2.24, 2.45) is 0 Å². The number of carbonyl (C=O) groups is 2. The van der Waals surface area contributed by atoms with Crippen LogP contribution in [0.15, 0.2) is 16.9 Å². The van der Waals surface area contributed by atoms with Gasteiger partial charge in [0.1, 0.15) is 12.3 Å². The van der Waals surface area contributed by atoms with E-state index in [0.29, 0.717) is 11.4 Å².